The lowest BCUT2D eigenvalue weighted by Gasteiger charge is -2.11. The molecule has 2 amide bonds. The van der Waals surface area contributed by atoms with Crippen LogP contribution in [-0.2, 0) is 14.3 Å². The van der Waals surface area contributed by atoms with Crippen molar-refractivity contribution in [3.05, 3.63) is 29.8 Å². The third-order valence-electron chi connectivity index (χ3n) is 2.59. The molecule has 0 atom stereocenters. The van der Waals surface area contributed by atoms with E-state index in [0.29, 0.717) is 17.8 Å². The second kappa shape index (κ2) is 8.73. The maximum Gasteiger partial charge on any atom is 0.315 e. The molecule has 21 heavy (non-hydrogen) atoms. The number of rotatable bonds is 7. The number of carbonyl (C=O) groups is 3. The lowest BCUT2D eigenvalue weighted by molar-refractivity contribution is -0.145. The molecule has 0 spiro atoms. The van der Waals surface area contributed by atoms with Gasteiger partial charge in [0.25, 0.3) is 5.91 Å². The summed E-state index contributed by atoms with van der Waals surface area (Å²) in [5.74, 6) is -1.36. The van der Waals surface area contributed by atoms with Crippen LogP contribution in [-0.4, -0.2) is 30.9 Å². The zero-order valence-corrected chi connectivity index (χ0v) is 12.3. The third-order valence-corrected chi connectivity index (χ3v) is 2.59. The van der Waals surface area contributed by atoms with Gasteiger partial charge in [0.15, 0.2) is 0 Å². The molecule has 0 heterocycles. The highest BCUT2D eigenvalue weighted by molar-refractivity contribution is 6.07. The molecule has 0 aromatic heterocycles. The number of benzene rings is 1. The van der Waals surface area contributed by atoms with Crippen LogP contribution in [0.2, 0.25) is 0 Å². The Hall–Kier alpha value is -2.37. The van der Waals surface area contributed by atoms with Crippen LogP contribution in [0.3, 0.4) is 0 Å². The molecular weight excluding hydrogens is 272 g/mol. The van der Waals surface area contributed by atoms with E-state index < -0.39 is 11.9 Å². The maximum absolute atomic E-state index is 12.0. The summed E-state index contributed by atoms with van der Waals surface area (Å²) in [7, 11) is 0. The van der Waals surface area contributed by atoms with Gasteiger partial charge in [0.05, 0.1) is 17.9 Å². The highest BCUT2D eigenvalue weighted by Gasteiger charge is 2.15. The summed E-state index contributed by atoms with van der Waals surface area (Å²) in [6.07, 6.45) is 0.446. The van der Waals surface area contributed by atoms with Gasteiger partial charge in [-0.25, -0.2) is 0 Å². The number of para-hydroxylation sites is 1. The van der Waals surface area contributed by atoms with Gasteiger partial charge in [-0.15, -0.1) is 0 Å². The molecule has 0 radical (unpaired) electrons. The summed E-state index contributed by atoms with van der Waals surface area (Å²) in [6, 6.07) is 6.65. The van der Waals surface area contributed by atoms with Crippen molar-refractivity contribution >= 4 is 23.5 Å². The Labute approximate surface area is 123 Å². The first-order valence-electron chi connectivity index (χ1n) is 6.91. The van der Waals surface area contributed by atoms with Gasteiger partial charge in [-0.1, -0.05) is 19.1 Å². The number of hydrogen-bond donors (Lipinski definition) is 2. The van der Waals surface area contributed by atoms with Crippen molar-refractivity contribution in [3.63, 3.8) is 0 Å². The quantitative estimate of drug-likeness (QED) is 0.592. The minimum atomic E-state index is -0.595. The summed E-state index contributed by atoms with van der Waals surface area (Å²) in [5, 5.41) is 5.30. The fourth-order valence-corrected chi connectivity index (χ4v) is 1.66. The third kappa shape index (κ3) is 5.64. The van der Waals surface area contributed by atoms with E-state index in [0.717, 1.165) is 6.42 Å². The monoisotopic (exact) mass is 292 g/mol. The smallest absolute Gasteiger partial charge is 0.315 e. The van der Waals surface area contributed by atoms with Crippen molar-refractivity contribution in [2.75, 3.05) is 18.5 Å². The minimum absolute atomic E-state index is 0.224. The second-order valence-electron chi connectivity index (χ2n) is 4.33. The largest absolute Gasteiger partial charge is 0.466 e. The second-order valence-corrected chi connectivity index (χ2v) is 4.33. The van der Waals surface area contributed by atoms with Gasteiger partial charge < -0.3 is 15.4 Å². The molecule has 0 fully saturated rings. The minimum Gasteiger partial charge on any atom is -0.466 e. The van der Waals surface area contributed by atoms with Crippen LogP contribution in [0.4, 0.5) is 5.69 Å². The summed E-state index contributed by atoms with van der Waals surface area (Å²) in [4.78, 5) is 35.0. The molecule has 2 N–H and O–H groups in total. The van der Waals surface area contributed by atoms with Crippen molar-refractivity contribution in [1.29, 1.82) is 0 Å². The Morgan fingerprint density at radius 1 is 1.14 bits per heavy atom. The number of esters is 1. The van der Waals surface area contributed by atoms with Crippen LogP contribution in [0.1, 0.15) is 37.0 Å². The van der Waals surface area contributed by atoms with E-state index in [1.165, 1.54) is 0 Å². The first-order valence-corrected chi connectivity index (χ1v) is 6.91. The van der Waals surface area contributed by atoms with Gasteiger partial charge in [0.1, 0.15) is 6.42 Å². The molecule has 0 bridgehead atoms. The van der Waals surface area contributed by atoms with Gasteiger partial charge in [-0.3, -0.25) is 14.4 Å². The molecule has 6 heteroatoms. The van der Waals surface area contributed by atoms with Crippen molar-refractivity contribution < 1.29 is 19.1 Å². The molecular formula is C15H20N2O4. The van der Waals surface area contributed by atoms with E-state index in [2.05, 4.69) is 10.6 Å². The highest BCUT2D eigenvalue weighted by atomic mass is 16.5. The Bertz CT molecular complexity index is 514. The van der Waals surface area contributed by atoms with Gasteiger partial charge in [-0.05, 0) is 25.5 Å². The standard InChI is InChI=1S/C15H20N2O4/c1-3-9-16-15(20)11-7-5-6-8-12(11)17-13(18)10-14(19)21-4-2/h5-8H,3-4,9-10H2,1-2H3,(H,16,20)(H,17,18). The highest BCUT2D eigenvalue weighted by Crippen LogP contribution is 2.15. The first-order chi connectivity index (χ1) is 10.1. The Kier molecular flexibility index (Phi) is 6.94. The molecule has 114 valence electrons. The van der Waals surface area contributed by atoms with Crippen LogP contribution in [0.15, 0.2) is 24.3 Å². The molecule has 0 aliphatic carbocycles. The molecule has 0 unspecified atom stereocenters. The average Bonchev–Trinajstić information content (AvgIpc) is 2.45. The zero-order chi connectivity index (χ0) is 15.7. The van der Waals surface area contributed by atoms with Gasteiger partial charge in [0, 0.05) is 6.54 Å². The van der Waals surface area contributed by atoms with E-state index in [-0.39, 0.29) is 18.9 Å². The normalized spacial score (nSPS) is 9.81. The number of anilines is 1. The van der Waals surface area contributed by atoms with Crippen molar-refractivity contribution in [3.8, 4) is 0 Å². The number of ether oxygens (including phenoxy) is 1. The van der Waals surface area contributed by atoms with E-state index in [1.807, 2.05) is 6.92 Å². The Morgan fingerprint density at radius 2 is 1.86 bits per heavy atom. The molecule has 1 aromatic rings. The molecule has 1 rings (SSSR count). The lowest BCUT2D eigenvalue weighted by atomic mass is 10.1. The van der Waals surface area contributed by atoms with E-state index in [9.17, 15) is 14.4 Å². The molecule has 1 aromatic carbocycles. The lowest BCUT2D eigenvalue weighted by Crippen LogP contribution is -2.26. The van der Waals surface area contributed by atoms with Crippen molar-refractivity contribution in [1.82, 2.24) is 5.32 Å². The summed E-state index contributed by atoms with van der Waals surface area (Å²) in [5.41, 5.74) is 0.739. The van der Waals surface area contributed by atoms with Gasteiger partial charge >= 0.3 is 5.97 Å². The van der Waals surface area contributed by atoms with Crippen molar-refractivity contribution in [2.45, 2.75) is 26.7 Å². The van der Waals surface area contributed by atoms with Crippen LogP contribution in [0, 0.1) is 0 Å². The van der Waals surface area contributed by atoms with Crippen LogP contribution < -0.4 is 10.6 Å². The van der Waals surface area contributed by atoms with Crippen LogP contribution in [0.5, 0.6) is 0 Å². The predicted molar refractivity (Wildman–Crippen MR) is 78.9 cm³/mol. The Balaban J connectivity index is 2.72. The molecule has 0 saturated carbocycles. The summed E-state index contributed by atoms with van der Waals surface area (Å²) >= 11 is 0. The fourth-order valence-electron chi connectivity index (χ4n) is 1.66. The zero-order valence-electron chi connectivity index (χ0n) is 12.3. The number of carbonyl (C=O) groups excluding carboxylic acids is 3. The van der Waals surface area contributed by atoms with Gasteiger partial charge in [-0.2, -0.15) is 0 Å². The number of nitrogens with one attached hydrogen (secondary N) is 2. The summed E-state index contributed by atoms with van der Waals surface area (Å²) < 4.78 is 4.70. The van der Waals surface area contributed by atoms with Crippen LogP contribution in [0.25, 0.3) is 0 Å². The molecule has 0 saturated heterocycles. The SMILES string of the molecule is CCCNC(=O)c1ccccc1NC(=O)CC(=O)OCC. The average molecular weight is 292 g/mol. The Morgan fingerprint density at radius 3 is 2.52 bits per heavy atom. The summed E-state index contributed by atoms with van der Waals surface area (Å²) in [6.45, 7) is 4.41. The predicted octanol–water partition coefficient (Wildman–Crippen LogP) is 1.72. The van der Waals surface area contributed by atoms with E-state index in [1.54, 1.807) is 31.2 Å². The van der Waals surface area contributed by atoms with E-state index >= 15 is 0 Å². The molecule has 6 nitrogen and oxygen atoms in total. The first kappa shape index (κ1) is 16.7. The number of hydrogen-bond acceptors (Lipinski definition) is 4. The fraction of sp³-hybridized carbons (Fsp3) is 0.400. The van der Waals surface area contributed by atoms with Gasteiger partial charge in [0.2, 0.25) is 5.91 Å². The topological polar surface area (TPSA) is 84.5 Å². The number of amides is 2. The van der Waals surface area contributed by atoms with Crippen LogP contribution >= 0.6 is 0 Å². The van der Waals surface area contributed by atoms with Crippen molar-refractivity contribution in [2.24, 2.45) is 0 Å². The molecule has 0 aliphatic rings. The maximum atomic E-state index is 12.0. The van der Waals surface area contributed by atoms with E-state index in [4.69, 9.17) is 4.74 Å². The molecule has 0 aliphatic heterocycles.